The van der Waals surface area contributed by atoms with Crippen LogP contribution in [0.1, 0.15) is 31.0 Å². The zero-order valence-corrected chi connectivity index (χ0v) is 13.3. The molecular weight excluding hydrogens is 248 g/mol. The maximum Gasteiger partial charge on any atom is 0.129 e. The van der Waals surface area contributed by atoms with Crippen LogP contribution in [0.5, 0.6) is 0 Å². The van der Waals surface area contributed by atoms with Gasteiger partial charge in [-0.2, -0.15) is 0 Å². The number of nitrogens with zero attached hydrogens (tertiary/aromatic N) is 3. The molecule has 1 aliphatic heterocycles. The molecule has 2 rings (SSSR count). The van der Waals surface area contributed by atoms with Crippen molar-refractivity contribution >= 4 is 5.82 Å². The van der Waals surface area contributed by atoms with Crippen LogP contribution in [-0.4, -0.2) is 49.7 Å². The van der Waals surface area contributed by atoms with E-state index in [1.54, 1.807) is 0 Å². The Bertz CT molecular complexity index is 432. The van der Waals surface area contributed by atoms with E-state index < -0.39 is 0 Å². The molecular formula is C16H28N4. The van der Waals surface area contributed by atoms with Gasteiger partial charge in [-0.25, -0.2) is 4.98 Å². The molecule has 1 unspecified atom stereocenters. The van der Waals surface area contributed by atoms with Crippen molar-refractivity contribution in [2.24, 2.45) is 0 Å². The van der Waals surface area contributed by atoms with Gasteiger partial charge in [0, 0.05) is 31.4 Å². The summed E-state index contributed by atoms with van der Waals surface area (Å²) in [4.78, 5) is 9.74. The van der Waals surface area contributed by atoms with Gasteiger partial charge >= 0.3 is 0 Å². The van der Waals surface area contributed by atoms with Gasteiger partial charge in [0.2, 0.25) is 0 Å². The van der Waals surface area contributed by atoms with Crippen molar-refractivity contribution in [1.29, 1.82) is 0 Å². The summed E-state index contributed by atoms with van der Waals surface area (Å²) in [5, 5.41) is 3.23. The molecule has 1 N–H and O–H groups in total. The Morgan fingerprint density at radius 1 is 1.35 bits per heavy atom. The lowest BCUT2D eigenvalue weighted by Gasteiger charge is -2.31. The zero-order chi connectivity index (χ0) is 14.5. The summed E-state index contributed by atoms with van der Waals surface area (Å²) in [6.07, 6.45) is 2.38. The molecule has 1 fully saturated rings. The molecule has 0 spiro atoms. The fourth-order valence-corrected chi connectivity index (χ4v) is 3.07. The molecule has 4 heteroatoms. The molecule has 0 saturated carbocycles. The fraction of sp³-hybridized carbons (Fsp3) is 0.688. The molecule has 112 valence electrons. The Hall–Kier alpha value is -1.13. The Morgan fingerprint density at radius 2 is 2.15 bits per heavy atom. The van der Waals surface area contributed by atoms with Crippen LogP contribution in [0.3, 0.4) is 0 Å². The Morgan fingerprint density at radius 3 is 2.85 bits per heavy atom. The van der Waals surface area contributed by atoms with E-state index in [9.17, 15) is 0 Å². The highest BCUT2D eigenvalue weighted by atomic mass is 15.3. The van der Waals surface area contributed by atoms with Crippen LogP contribution in [0.4, 0.5) is 5.82 Å². The standard InChI is InChI=1S/C16H28N4/c1-5-15-12-19(4)7-6-8-20(15)16-10-14(11-17-3)9-13(2)18-16/h9-10,15,17H,5-8,11-12H2,1-4H3. The second-order valence-electron chi connectivity index (χ2n) is 5.88. The van der Waals surface area contributed by atoms with Crippen molar-refractivity contribution in [2.45, 2.75) is 39.3 Å². The summed E-state index contributed by atoms with van der Waals surface area (Å²) in [5.74, 6) is 1.15. The van der Waals surface area contributed by atoms with Crippen molar-refractivity contribution in [3.63, 3.8) is 0 Å². The van der Waals surface area contributed by atoms with E-state index in [1.165, 1.54) is 24.9 Å². The number of aryl methyl sites for hydroxylation is 1. The third-order valence-corrected chi connectivity index (χ3v) is 4.05. The van der Waals surface area contributed by atoms with E-state index in [0.29, 0.717) is 6.04 Å². The molecule has 0 aliphatic carbocycles. The normalized spacial score (nSPS) is 21.0. The highest BCUT2D eigenvalue weighted by Gasteiger charge is 2.23. The first-order valence-electron chi connectivity index (χ1n) is 7.71. The van der Waals surface area contributed by atoms with Gasteiger partial charge in [-0.1, -0.05) is 6.92 Å². The van der Waals surface area contributed by atoms with Crippen molar-refractivity contribution in [1.82, 2.24) is 15.2 Å². The molecule has 2 heterocycles. The number of nitrogens with one attached hydrogen (secondary N) is 1. The average molecular weight is 276 g/mol. The monoisotopic (exact) mass is 276 g/mol. The van der Waals surface area contributed by atoms with Gasteiger partial charge in [0.05, 0.1) is 0 Å². The molecule has 1 atom stereocenters. The van der Waals surface area contributed by atoms with E-state index in [-0.39, 0.29) is 0 Å². The van der Waals surface area contributed by atoms with Gasteiger partial charge in [-0.05, 0) is 58.1 Å². The summed E-state index contributed by atoms with van der Waals surface area (Å²) in [6.45, 7) is 8.70. The highest BCUT2D eigenvalue weighted by Crippen LogP contribution is 2.22. The molecule has 1 aromatic heterocycles. The van der Waals surface area contributed by atoms with E-state index in [4.69, 9.17) is 4.98 Å². The SMILES string of the molecule is CCC1CN(C)CCCN1c1cc(CNC)cc(C)n1. The largest absolute Gasteiger partial charge is 0.352 e. The minimum Gasteiger partial charge on any atom is -0.352 e. The van der Waals surface area contributed by atoms with Gasteiger partial charge in [0.1, 0.15) is 5.82 Å². The van der Waals surface area contributed by atoms with E-state index >= 15 is 0 Å². The van der Waals surface area contributed by atoms with Crippen molar-refractivity contribution in [3.8, 4) is 0 Å². The summed E-state index contributed by atoms with van der Waals surface area (Å²) >= 11 is 0. The van der Waals surface area contributed by atoms with Crippen LogP contribution in [-0.2, 0) is 6.54 Å². The van der Waals surface area contributed by atoms with Gasteiger partial charge in [-0.15, -0.1) is 0 Å². The van der Waals surface area contributed by atoms with Gasteiger partial charge in [0.25, 0.3) is 0 Å². The van der Waals surface area contributed by atoms with Gasteiger partial charge in [0.15, 0.2) is 0 Å². The molecule has 20 heavy (non-hydrogen) atoms. The van der Waals surface area contributed by atoms with Crippen LogP contribution in [0.15, 0.2) is 12.1 Å². The quantitative estimate of drug-likeness (QED) is 0.912. The first-order valence-corrected chi connectivity index (χ1v) is 7.71. The minimum absolute atomic E-state index is 0.569. The summed E-state index contributed by atoms with van der Waals surface area (Å²) in [5.41, 5.74) is 2.43. The number of anilines is 1. The minimum atomic E-state index is 0.569. The van der Waals surface area contributed by atoms with Crippen molar-refractivity contribution < 1.29 is 0 Å². The predicted octanol–water partition coefficient (Wildman–Crippen LogP) is 2.03. The number of aromatic nitrogens is 1. The maximum absolute atomic E-state index is 4.78. The summed E-state index contributed by atoms with van der Waals surface area (Å²) in [7, 11) is 4.22. The molecule has 4 nitrogen and oxygen atoms in total. The van der Waals surface area contributed by atoms with Crippen molar-refractivity contribution in [3.05, 3.63) is 23.4 Å². The second-order valence-corrected chi connectivity index (χ2v) is 5.88. The second kappa shape index (κ2) is 7.04. The third kappa shape index (κ3) is 3.70. The lowest BCUT2D eigenvalue weighted by atomic mass is 10.1. The highest BCUT2D eigenvalue weighted by molar-refractivity contribution is 5.44. The topological polar surface area (TPSA) is 31.4 Å². The first kappa shape index (κ1) is 15.3. The molecule has 0 amide bonds. The number of hydrogen-bond acceptors (Lipinski definition) is 4. The van der Waals surface area contributed by atoms with Crippen LogP contribution in [0.2, 0.25) is 0 Å². The molecule has 1 aromatic rings. The predicted molar refractivity (Wildman–Crippen MR) is 85.3 cm³/mol. The van der Waals surface area contributed by atoms with Crippen LogP contribution in [0.25, 0.3) is 0 Å². The lowest BCUT2D eigenvalue weighted by molar-refractivity contribution is 0.327. The van der Waals surface area contributed by atoms with Gasteiger partial charge < -0.3 is 15.1 Å². The number of likely N-dealkylation sites (N-methyl/N-ethyl adjacent to an activating group) is 1. The zero-order valence-electron chi connectivity index (χ0n) is 13.3. The fourth-order valence-electron chi connectivity index (χ4n) is 3.07. The molecule has 1 saturated heterocycles. The van der Waals surface area contributed by atoms with E-state index in [1.807, 2.05) is 7.05 Å². The van der Waals surface area contributed by atoms with Crippen LogP contribution in [0, 0.1) is 6.92 Å². The number of pyridine rings is 1. The number of rotatable bonds is 4. The first-order chi connectivity index (χ1) is 9.63. The Balaban J connectivity index is 2.27. The van der Waals surface area contributed by atoms with Crippen molar-refractivity contribution in [2.75, 3.05) is 38.6 Å². The Labute approximate surface area is 123 Å². The summed E-state index contributed by atoms with van der Waals surface area (Å²) < 4.78 is 0. The number of hydrogen-bond donors (Lipinski definition) is 1. The van der Waals surface area contributed by atoms with E-state index in [0.717, 1.165) is 31.1 Å². The Kier molecular flexibility index (Phi) is 5.38. The average Bonchev–Trinajstić information content (AvgIpc) is 2.59. The molecule has 0 aromatic carbocycles. The maximum atomic E-state index is 4.78. The lowest BCUT2D eigenvalue weighted by Crippen LogP contribution is -2.40. The summed E-state index contributed by atoms with van der Waals surface area (Å²) in [6, 6.07) is 4.99. The van der Waals surface area contributed by atoms with Gasteiger partial charge in [-0.3, -0.25) is 0 Å². The molecule has 1 aliphatic rings. The smallest absolute Gasteiger partial charge is 0.129 e. The molecule has 0 bridgehead atoms. The van der Waals surface area contributed by atoms with E-state index in [2.05, 4.69) is 48.1 Å². The molecule has 0 radical (unpaired) electrons. The van der Waals surface area contributed by atoms with Crippen LogP contribution < -0.4 is 10.2 Å². The third-order valence-electron chi connectivity index (χ3n) is 4.05. The van der Waals surface area contributed by atoms with Crippen LogP contribution >= 0.6 is 0 Å².